The Morgan fingerprint density at radius 3 is 2.55 bits per heavy atom. The number of nitrogens with zero attached hydrogens (tertiary/aromatic N) is 2. The third-order valence-electron chi connectivity index (χ3n) is 4.05. The Hall–Kier alpha value is -2.38. The van der Waals surface area contributed by atoms with Crippen LogP contribution in [0.15, 0.2) is 6.20 Å². The van der Waals surface area contributed by atoms with Crippen molar-refractivity contribution in [1.82, 2.24) is 9.78 Å². The van der Waals surface area contributed by atoms with Gasteiger partial charge >= 0.3 is 5.97 Å². The number of aryl methyl sites for hydroxylation is 1. The van der Waals surface area contributed by atoms with E-state index in [9.17, 15) is 19.5 Å². The standard InChI is InChI=1S/C14H20N4O4/c1-2-18-11(12(15)19)10(7-16-18)17-13(20)8-5-3-4-6-9(8)14(21)22/h7-9H,2-6H2,1H3,(H2,15,19)(H,17,20)(H,21,22)/t8-,9+/m1/s1. The summed E-state index contributed by atoms with van der Waals surface area (Å²) in [6, 6.07) is 0. The first-order chi connectivity index (χ1) is 10.5. The van der Waals surface area contributed by atoms with Crippen LogP contribution in [0.2, 0.25) is 0 Å². The summed E-state index contributed by atoms with van der Waals surface area (Å²) >= 11 is 0. The maximum absolute atomic E-state index is 12.4. The molecule has 8 heteroatoms. The van der Waals surface area contributed by atoms with Gasteiger partial charge < -0.3 is 16.2 Å². The quantitative estimate of drug-likeness (QED) is 0.742. The van der Waals surface area contributed by atoms with Crippen molar-refractivity contribution in [2.45, 2.75) is 39.2 Å². The molecule has 120 valence electrons. The number of hydrogen-bond acceptors (Lipinski definition) is 4. The number of carbonyl (C=O) groups is 3. The molecule has 8 nitrogen and oxygen atoms in total. The van der Waals surface area contributed by atoms with Gasteiger partial charge in [0.05, 0.1) is 23.7 Å². The van der Waals surface area contributed by atoms with Crippen LogP contribution in [0.3, 0.4) is 0 Å². The molecule has 0 radical (unpaired) electrons. The van der Waals surface area contributed by atoms with Gasteiger partial charge in [-0.3, -0.25) is 19.1 Å². The van der Waals surface area contributed by atoms with Gasteiger partial charge in [0.2, 0.25) is 5.91 Å². The zero-order valence-electron chi connectivity index (χ0n) is 12.4. The van der Waals surface area contributed by atoms with Gasteiger partial charge in [-0.1, -0.05) is 12.8 Å². The van der Waals surface area contributed by atoms with E-state index in [4.69, 9.17) is 5.73 Å². The molecular weight excluding hydrogens is 288 g/mol. The van der Waals surface area contributed by atoms with E-state index in [1.807, 2.05) is 0 Å². The van der Waals surface area contributed by atoms with Crippen molar-refractivity contribution in [3.05, 3.63) is 11.9 Å². The Kier molecular flexibility index (Phi) is 4.79. The first kappa shape index (κ1) is 16.0. The van der Waals surface area contributed by atoms with Crippen molar-refractivity contribution in [2.75, 3.05) is 5.32 Å². The van der Waals surface area contributed by atoms with Gasteiger partial charge in [-0.05, 0) is 19.8 Å². The molecule has 1 aromatic heterocycles. The predicted molar refractivity (Wildman–Crippen MR) is 78.1 cm³/mol. The van der Waals surface area contributed by atoms with Gasteiger partial charge in [0.15, 0.2) is 0 Å². The number of rotatable bonds is 5. The maximum Gasteiger partial charge on any atom is 0.307 e. The van der Waals surface area contributed by atoms with Gasteiger partial charge in [0.1, 0.15) is 5.69 Å². The minimum absolute atomic E-state index is 0.124. The smallest absolute Gasteiger partial charge is 0.307 e. The average molecular weight is 308 g/mol. The van der Waals surface area contributed by atoms with E-state index in [1.165, 1.54) is 10.9 Å². The molecule has 0 aromatic carbocycles. The largest absolute Gasteiger partial charge is 0.481 e. The number of carboxylic acid groups (broad SMARTS) is 1. The molecule has 2 atom stereocenters. The Balaban J connectivity index is 2.19. The second-order valence-electron chi connectivity index (χ2n) is 5.41. The van der Waals surface area contributed by atoms with Crippen molar-refractivity contribution < 1.29 is 19.5 Å². The van der Waals surface area contributed by atoms with Crippen LogP contribution in [0.25, 0.3) is 0 Å². The molecule has 2 rings (SSSR count). The van der Waals surface area contributed by atoms with Crippen molar-refractivity contribution in [3.8, 4) is 0 Å². The van der Waals surface area contributed by atoms with Gasteiger partial charge in [0.25, 0.3) is 5.91 Å². The molecule has 1 aliphatic rings. The van der Waals surface area contributed by atoms with E-state index >= 15 is 0 Å². The lowest BCUT2D eigenvalue weighted by atomic mass is 9.78. The van der Waals surface area contributed by atoms with Crippen LogP contribution in [0.5, 0.6) is 0 Å². The number of carboxylic acids is 1. The Morgan fingerprint density at radius 2 is 2.00 bits per heavy atom. The number of hydrogen-bond donors (Lipinski definition) is 3. The molecule has 1 aliphatic carbocycles. The predicted octanol–water partition coefficient (Wildman–Crippen LogP) is 0.831. The summed E-state index contributed by atoms with van der Waals surface area (Å²) in [5.41, 5.74) is 5.67. The van der Waals surface area contributed by atoms with Crippen LogP contribution in [0.1, 0.15) is 43.1 Å². The van der Waals surface area contributed by atoms with Crippen molar-refractivity contribution in [1.29, 1.82) is 0 Å². The van der Waals surface area contributed by atoms with Gasteiger partial charge in [-0.2, -0.15) is 5.10 Å². The molecule has 1 fully saturated rings. The Bertz CT molecular complexity index is 596. The first-order valence-corrected chi connectivity index (χ1v) is 7.35. The lowest BCUT2D eigenvalue weighted by Gasteiger charge is -2.27. The van der Waals surface area contributed by atoms with E-state index in [2.05, 4.69) is 10.4 Å². The molecule has 0 unspecified atom stereocenters. The molecule has 22 heavy (non-hydrogen) atoms. The van der Waals surface area contributed by atoms with E-state index < -0.39 is 29.6 Å². The second kappa shape index (κ2) is 6.59. The van der Waals surface area contributed by atoms with Crippen LogP contribution in [0, 0.1) is 11.8 Å². The minimum Gasteiger partial charge on any atom is -0.481 e. The minimum atomic E-state index is -0.959. The van der Waals surface area contributed by atoms with Gasteiger partial charge in [-0.15, -0.1) is 0 Å². The first-order valence-electron chi connectivity index (χ1n) is 7.35. The number of aromatic nitrogens is 2. The fraction of sp³-hybridized carbons (Fsp3) is 0.571. The highest BCUT2D eigenvalue weighted by Gasteiger charge is 2.36. The zero-order valence-corrected chi connectivity index (χ0v) is 12.4. The molecule has 1 aromatic rings. The monoisotopic (exact) mass is 308 g/mol. The number of aliphatic carboxylic acids is 1. The third-order valence-corrected chi connectivity index (χ3v) is 4.05. The number of anilines is 1. The van der Waals surface area contributed by atoms with E-state index in [0.717, 1.165) is 12.8 Å². The lowest BCUT2D eigenvalue weighted by Crippen LogP contribution is -2.36. The summed E-state index contributed by atoms with van der Waals surface area (Å²) in [4.78, 5) is 35.2. The molecule has 0 spiro atoms. The molecule has 1 saturated carbocycles. The molecule has 4 N–H and O–H groups in total. The molecule has 2 amide bonds. The molecule has 0 saturated heterocycles. The van der Waals surface area contributed by atoms with Crippen molar-refractivity contribution >= 4 is 23.5 Å². The summed E-state index contributed by atoms with van der Waals surface area (Å²) in [5, 5.41) is 15.8. The van der Waals surface area contributed by atoms with Crippen molar-refractivity contribution in [2.24, 2.45) is 17.6 Å². The lowest BCUT2D eigenvalue weighted by molar-refractivity contribution is -0.147. The number of primary amides is 1. The topological polar surface area (TPSA) is 127 Å². The van der Waals surface area contributed by atoms with Gasteiger partial charge in [0, 0.05) is 6.54 Å². The van der Waals surface area contributed by atoms with Gasteiger partial charge in [-0.25, -0.2) is 0 Å². The summed E-state index contributed by atoms with van der Waals surface area (Å²) in [6.07, 6.45) is 4.00. The highest BCUT2D eigenvalue weighted by atomic mass is 16.4. The maximum atomic E-state index is 12.4. The Morgan fingerprint density at radius 1 is 1.36 bits per heavy atom. The SMILES string of the molecule is CCn1ncc(NC(=O)[C@@H]2CCCC[C@@H]2C(=O)O)c1C(N)=O. The number of nitrogens with two attached hydrogens (primary N) is 1. The average Bonchev–Trinajstić information content (AvgIpc) is 2.90. The zero-order chi connectivity index (χ0) is 16.3. The number of carbonyl (C=O) groups excluding carboxylic acids is 2. The second-order valence-corrected chi connectivity index (χ2v) is 5.41. The highest BCUT2D eigenvalue weighted by Crippen LogP contribution is 2.31. The highest BCUT2D eigenvalue weighted by molar-refractivity contribution is 6.02. The normalized spacial score (nSPS) is 21.3. The summed E-state index contributed by atoms with van der Waals surface area (Å²) in [7, 11) is 0. The van der Waals surface area contributed by atoms with E-state index in [-0.39, 0.29) is 11.4 Å². The van der Waals surface area contributed by atoms with Crippen LogP contribution < -0.4 is 11.1 Å². The molecule has 0 aliphatic heterocycles. The number of nitrogens with one attached hydrogen (secondary N) is 1. The summed E-state index contributed by atoms with van der Waals surface area (Å²) in [6.45, 7) is 2.24. The fourth-order valence-corrected chi connectivity index (χ4v) is 2.94. The van der Waals surface area contributed by atoms with E-state index in [0.29, 0.717) is 19.4 Å². The van der Waals surface area contributed by atoms with Crippen LogP contribution >= 0.6 is 0 Å². The van der Waals surface area contributed by atoms with Crippen molar-refractivity contribution in [3.63, 3.8) is 0 Å². The van der Waals surface area contributed by atoms with Crippen LogP contribution in [-0.2, 0) is 16.1 Å². The van der Waals surface area contributed by atoms with Crippen LogP contribution in [0.4, 0.5) is 5.69 Å². The third kappa shape index (κ3) is 3.10. The van der Waals surface area contributed by atoms with E-state index in [1.54, 1.807) is 6.92 Å². The molecular formula is C14H20N4O4. The summed E-state index contributed by atoms with van der Waals surface area (Å²) < 4.78 is 1.40. The Labute approximate surface area is 127 Å². The van der Waals surface area contributed by atoms with Crippen LogP contribution in [-0.4, -0.2) is 32.7 Å². The molecule has 1 heterocycles. The summed E-state index contributed by atoms with van der Waals surface area (Å²) in [5.74, 6) is -3.33. The molecule has 0 bridgehead atoms. The number of amides is 2. The fourth-order valence-electron chi connectivity index (χ4n) is 2.94.